The molecule has 1 aliphatic rings. The minimum Gasteiger partial charge on any atom is -0.507 e. The highest BCUT2D eigenvalue weighted by atomic mass is 31.2. The largest absolute Gasteiger partial charge is 0.507 e. The topological polar surface area (TPSA) is 57.2 Å². The predicted octanol–water partition coefficient (Wildman–Crippen LogP) is 11.0. The van der Waals surface area contributed by atoms with Crippen LogP contribution in [0.15, 0.2) is 36.4 Å². The first-order valence-corrected chi connectivity index (χ1v) is 17.7. The quantitative estimate of drug-likeness (QED) is 0.213. The Bertz CT molecular complexity index is 1450. The van der Waals surface area contributed by atoms with E-state index < -0.39 is 8.60 Å². The summed E-state index contributed by atoms with van der Waals surface area (Å²) in [6, 6.07) is 13.1. The van der Waals surface area contributed by atoms with Gasteiger partial charge in [-0.25, -0.2) is 0 Å². The molecule has 6 heteroatoms. The zero-order valence-corrected chi connectivity index (χ0v) is 31.7. The van der Waals surface area contributed by atoms with Crippen molar-refractivity contribution in [1.29, 1.82) is 0 Å². The molecule has 1 heterocycles. The Hall–Kier alpha value is -2.59. The van der Waals surface area contributed by atoms with Gasteiger partial charge in [-0.3, -0.25) is 4.52 Å². The van der Waals surface area contributed by atoms with Gasteiger partial charge in [0.2, 0.25) is 0 Å². The predicted molar refractivity (Wildman–Crippen MR) is 192 cm³/mol. The molecule has 0 unspecified atom stereocenters. The fourth-order valence-corrected chi connectivity index (χ4v) is 7.09. The van der Waals surface area contributed by atoms with Crippen LogP contribution in [-0.4, -0.2) is 18.3 Å². The lowest BCUT2D eigenvalue weighted by molar-refractivity contribution is 0.0852. The molecule has 0 spiro atoms. The lowest BCUT2D eigenvalue weighted by atomic mass is 9.78. The molecule has 0 saturated carbocycles. The Morgan fingerprint density at radius 3 is 1.41 bits per heavy atom. The molecule has 0 amide bonds. The summed E-state index contributed by atoms with van der Waals surface area (Å²) < 4.78 is 26.0. The van der Waals surface area contributed by atoms with Gasteiger partial charge >= 0.3 is 8.60 Å². The number of benzene rings is 3. The number of aryl methyl sites for hydroxylation is 2. The minimum absolute atomic E-state index is 0.118. The summed E-state index contributed by atoms with van der Waals surface area (Å²) in [5, 5.41) is 11.1. The zero-order chi connectivity index (χ0) is 34.4. The molecule has 0 atom stereocenters. The van der Waals surface area contributed by atoms with Gasteiger partial charge in [0.25, 0.3) is 0 Å². The summed E-state index contributed by atoms with van der Waals surface area (Å²) in [6.45, 7) is 31.5. The number of fused-ring (bicyclic) bond motifs is 2. The van der Waals surface area contributed by atoms with Crippen molar-refractivity contribution in [2.75, 3.05) is 13.2 Å². The van der Waals surface area contributed by atoms with Crippen LogP contribution in [0.5, 0.6) is 17.2 Å². The van der Waals surface area contributed by atoms with Gasteiger partial charge < -0.3 is 18.9 Å². The van der Waals surface area contributed by atoms with E-state index in [2.05, 4.69) is 133 Å². The third-order valence-electron chi connectivity index (χ3n) is 8.43. The second-order valence-corrected chi connectivity index (χ2v) is 18.2. The van der Waals surface area contributed by atoms with E-state index in [4.69, 9.17) is 18.3 Å². The van der Waals surface area contributed by atoms with Crippen LogP contribution >= 0.6 is 8.60 Å². The second kappa shape index (κ2) is 13.1. The molecule has 1 aliphatic heterocycles. The molecule has 0 radical (unpaired) electrons. The van der Waals surface area contributed by atoms with Crippen molar-refractivity contribution in [2.45, 2.75) is 132 Å². The minimum atomic E-state index is -1.76. The molecular weight excluding hydrogens is 591 g/mol. The molecule has 0 aromatic heterocycles. The Morgan fingerprint density at radius 1 is 0.609 bits per heavy atom. The van der Waals surface area contributed by atoms with E-state index >= 15 is 0 Å². The summed E-state index contributed by atoms with van der Waals surface area (Å²) >= 11 is 0. The lowest BCUT2D eigenvalue weighted by Crippen LogP contribution is -2.19. The third-order valence-corrected chi connectivity index (χ3v) is 9.48. The summed E-state index contributed by atoms with van der Waals surface area (Å²) in [7, 11) is -1.76. The first kappa shape index (κ1) is 36.2. The monoisotopic (exact) mass is 648 g/mol. The second-order valence-electron chi connectivity index (χ2n) is 17.1. The van der Waals surface area contributed by atoms with Crippen molar-refractivity contribution in [2.24, 2.45) is 0 Å². The van der Waals surface area contributed by atoms with Gasteiger partial charge in [0.1, 0.15) is 17.2 Å². The standard InChI is InChI=1S/C40H57O5P/c1-25-17-28-23-29-18-26(2)20-33(40(12,13)14)36(29)45-46(44-35(28)32(19-25)39(9,10)11)43-16-15-42-24-27-21-30(37(3,4)5)34(41)31(22-27)38(6,7)8/h17-22,41H,15-16,23-24H2,1-14H3. The number of hydrogen-bond donors (Lipinski definition) is 1. The Kier molecular flexibility index (Phi) is 10.4. The SMILES string of the molecule is Cc1cc2c(c(C(C)(C)C)c1)OP(OCCOCc1cc(C(C)(C)C)c(O)c(C(C)(C)C)c1)Oc1c(cc(C)cc1C(C)(C)C)C2. The average molecular weight is 649 g/mol. The summed E-state index contributed by atoms with van der Waals surface area (Å²) in [5.41, 5.74) is 9.34. The van der Waals surface area contributed by atoms with E-state index in [1.54, 1.807) is 0 Å². The molecule has 0 fully saturated rings. The van der Waals surface area contributed by atoms with Gasteiger partial charge in [-0.2, -0.15) is 0 Å². The van der Waals surface area contributed by atoms with Gasteiger partial charge in [-0.05, 0) is 75.5 Å². The number of aromatic hydroxyl groups is 1. The van der Waals surface area contributed by atoms with Gasteiger partial charge in [-0.1, -0.05) is 118 Å². The van der Waals surface area contributed by atoms with Crippen LogP contribution < -0.4 is 9.05 Å². The highest BCUT2D eigenvalue weighted by Crippen LogP contribution is 2.52. The van der Waals surface area contributed by atoms with E-state index in [0.29, 0.717) is 25.6 Å². The molecular formula is C40H57O5P. The maximum absolute atomic E-state index is 11.1. The molecule has 3 aromatic rings. The Labute approximate surface area is 280 Å². The molecule has 252 valence electrons. The number of rotatable bonds is 6. The van der Waals surface area contributed by atoms with Gasteiger partial charge in [-0.15, -0.1) is 0 Å². The van der Waals surface area contributed by atoms with Crippen LogP contribution in [0.3, 0.4) is 0 Å². The molecule has 0 bridgehead atoms. The first-order chi connectivity index (χ1) is 21.1. The molecule has 5 nitrogen and oxygen atoms in total. The summed E-state index contributed by atoms with van der Waals surface area (Å²) in [5.74, 6) is 2.11. The summed E-state index contributed by atoms with van der Waals surface area (Å²) in [6.07, 6.45) is 0.728. The molecule has 1 N–H and O–H groups in total. The van der Waals surface area contributed by atoms with Gasteiger partial charge in [0.15, 0.2) is 0 Å². The molecule has 3 aromatic carbocycles. The normalized spacial score (nSPS) is 14.6. The molecule has 46 heavy (non-hydrogen) atoms. The highest BCUT2D eigenvalue weighted by molar-refractivity contribution is 7.42. The zero-order valence-electron chi connectivity index (χ0n) is 30.8. The number of hydrogen-bond acceptors (Lipinski definition) is 5. The van der Waals surface area contributed by atoms with E-state index in [-0.39, 0.29) is 21.7 Å². The van der Waals surface area contributed by atoms with Crippen molar-refractivity contribution in [3.8, 4) is 17.2 Å². The number of ether oxygens (including phenoxy) is 1. The van der Waals surface area contributed by atoms with Crippen molar-refractivity contribution < 1.29 is 23.4 Å². The fraction of sp³-hybridized carbons (Fsp3) is 0.550. The third kappa shape index (κ3) is 8.46. The van der Waals surface area contributed by atoms with Gasteiger partial charge in [0, 0.05) is 17.5 Å². The first-order valence-electron chi connectivity index (χ1n) is 16.6. The summed E-state index contributed by atoms with van der Waals surface area (Å²) in [4.78, 5) is 0. The molecule has 0 saturated heterocycles. The van der Waals surface area contributed by atoms with Crippen molar-refractivity contribution in [3.63, 3.8) is 0 Å². The van der Waals surface area contributed by atoms with E-state index in [1.165, 1.54) is 11.1 Å². The Balaban J connectivity index is 1.61. The van der Waals surface area contributed by atoms with Crippen LogP contribution in [0.4, 0.5) is 0 Å². The van der Waals surface area contributed by atoms with Crippen LogP contribution in [0, 0.1) is 13.8 Å². The fourth-order valence-electron chi connectivity index (χ4n) is 6.00. The van der Waals surface area contributed by atoms with E-state index in [0.717, 1.165) is 56.9 Å². The number of phenolic OH excluding ortho intramolecular Hbond substituents is 1. The Morgan fingerprint density at radius 2 is 1.02 bits per heavy atom. The van der Waals surface area contributed by atoms with Crippen molar-refractivity contribution >= 4 is 8.60 Å². The smallest absolute Gasteiger partial charge is 0.463 e. The van der Waals surface area contributed by atoms with Crippen LogP contribution in [-0.2, 0) is 43.9 Å². The van der Waals surface area contributed by atoms with E-state index in [9.17, 15) is 5.11 Å². The van der Waals surface area contributed by atoms with Gasteiger partial charge in [0.05, 0.1) is 19.8 Å². The molecule has 4 rings (SSSR count). The number of phenols is 1. The average Bonchev–Trinajstić information content (AvgIpc) is 2.87. The highest BCUT2D eigenvalue weighted by Gasteiger charge is 2.33. The maximum Gasteiger partial charge on any atom is 0.463 e. The molecule has 0 aliphatic carbocycles. The van der Waals surface area contributed by atoms with E-state index in [1.807, 2.05) is 0 Å². The van der Waals surface area contributed by atoms with Crippen LogP contribution in [0.1, 0.15) is 133 Å². The maximum atomic E-state index is 11.1. The van der Waals surface area contributed by atoms with Crippen molar-refractivity contribution in [1.82, 2.24) is 0 Å². The lowest BCUT2D eigenvalue weighted by Gasteiger charge is -2.32. The van der Waals surface area contributed by atoms with Crippen molar-refractivity contribution in [3.05, 3.63) is 86.5 Å². The van der Waals surface area contributed by atoms with Crippen LogP contribution in [0.2, 0.25) is 0 Å². The van der Waals surface area contributed by atoms with Crippen LogP contribution in [0.25, 0.3) is 0 Å².